The predicted molar refractivity (Wildman–Crippen MR) is 73.4 cm³/mol. The molecule has 1 amide bonds. The first-order valence-corrected chi connectivity index (χ1v) is 6.09. The van der Waals surface area contributed by atoms with Gasteiger partial charge in [-0.05, 0) is 47.5 Å². The van der Waals surface area contributed by atoms with Crippen LogP contribution in [0, 0.1) is 18.7 Å². The van der Waals surface area contributed by atoms with Crippen LogP contribution in [0.15, 0.2) is 16.6 Å². The van der Waals surface area contributed by atoms with E-state index >= 15 is 0 Å². The quantitative estimate of drug-likeness (QED) is 0.843. The number of rotatable bonds is 3. The zero-order valence-electron chi connectivity index (χ0n) is 9.38. The summed E-state index contributed by atoms with van der Waals surface area (Å²) in [7, 11) is 0. The second-order valence-corrected chi connectivity index (χ2v) is 5.02. The lowest BCUT2D eigenvalue weighted by Crippen LogP contribution is -2.31. The highest BCUT2D eigenvalue weighted by Gasteiger charge is 2.17. The molecule has 0 heterocycles. The van der Waals surface area contributed by atoms with Crippen molar-refractivity contribution >= 4 is 44.7 Å². The van der Waals surface area contributed by atoms with E-state index in [2.05, 4.69) is 21.2 Å². The highest BCUT2D eigenvalue weighted by atomic mass is 79.9. The van der Waals surface area contributed by atoms with Gasteiger partial charge in [-0.2, -0.15) is 0 Å². The molecule has 1 rings (SSSR count). The summed E-state index contributed by atoms with van der Waals surface area (Å²) in [4.78, 5) is 11.8. The molecule has 3 nitrogen and oxygen atoms in total. The number of aryl methyl sites for hydroxylation is 1. The van der Waals surface area contributed by atoms with Crippen LogP contribution in [0.3, 0.4) is 0 Å². The standard InChI is InChI=1S/C11H12BrFN2OS/c1-5-3-8(13)7(12)4-9(5)15-11(16)6(2)10(14)17/h3-4,6H,1-2H3,(H2,14,17)(H,15,16). The lowest BCUT2D eigenvalue weighted by Gasteiger charge is -2.13. The molecule has 0 aliphatic rings. The number of hydrogen-bond donors (Lipinski definition) is 2. The fourth-order valence-corrected chi connectivity index (χ4v) is 1.60. The summed E-state index contributed by atoms with van der Waals surface area (Å²) in [5.74, 6) is -1.24. The maximum Gasteiger partial charge on any atom is 0.234 e. The first-order valence-electron chi connectivity index (χ1n) is 4.88. The molecule has 1 unspecified atom stereocenters. The van der Waals surface area contributed by atoms with Crippen LogP contribution in [0.25, 0.3) is 0 Å². The van der Waals surface area contributed by atoms with E-state index in [0.29, 0.717) is 15.7 Å². The molecule has 0 aliphatic heterocycles. The lowest BCUT2D eigenvalue weighted by atomic mass is 10.1. The monoisotopic (exact) mass is 318 g/mol. The number of carbonyl (C=O) groups excluding carboxylic acids is 1. The normalized spacial score (nSPS) is 12.0. The Kier molecular flexibility index (Phi) is 4.59. The van der Waals surface area contributed by atoms with Crippen molar-refractivity contribution in [3.8, 4) is 0 Å². The SMILES string of the molecule is Cc1cc(F)c(Br)cc1NC(=O)C(C)C(N)=S. The molecule has 0 saturated carbocycles. The first kappa shape index (κ1) is 14.1. The molecule has 1 atom stereocenters. The number of halogens is 2. The molecule has 0 radical (unpaired) electrons. The number of anilines is 1. The third kappa shape index (κ3) is 3.47. The summed E-state index contributed by atoms with van der Waals surface area (Å²) in [6, 6.07) is 2.85. The number of nitrogens with two attached hydrogens (primary N) is 1. The van der Waals surface area contributed by atoms with Crippen LogP contribution in [-0.2, 0) is 4.79 Å². The molecule has 0 saturated heterocycles. The third-order valence-electron chi connectivity index (χ3n) is 2.35. The van der Waals surface area contributed by atoms with Crippen molar-refractivity contribution in [3.63, 3.8) is 0 Å². The van der Waals surface area contributed by atoms with Crippen LogP contribution in [0.1, 0.15) is 12.5 Å². The Hall–Kier alpha value is -1.01. The summed E-state index contributed by atoms with van der Waals surface area (Å²) in [6.07, 6.45) is 0. The van der Waals surface area contributed by atoms with Crippen molar-refractivity contribution in [1.29, 1.82) is 0 Å². The molecule has 0 aromatic heterocycles. The maximum atomic E-state index is 13.2. The Morgan fingerprint density at radius 2 is 2.18 bits per heavy atom. The van der Waals surface area contributed by atoms with Crippen LogP contribution in [0.5, 0.6) is 0 Å². The van der Waals surface area contributed by atoms with E-state index in [1.54, 1.807) is 13.8 Å². The van der Waals surface area contributed by atoms with Gasteiger partial charge in [0.2, 0.25) is 5.91 Å². The summed E-state index contributed by atoms with van der Waals surface area (Å²) >= 11 is 7.80. The summed E-state index contributed by atoms with van der Waals surface area (Å²) in [5.41, 5.74) is 6.55. The number of benzene rings is 1. The van der Waals surface area contributed by atoms with Gasteiger partial charge in [0.05, 0.1) is 15.4 Å². The molecular formula is C11H12BrFN2OS. The molecule has 6 heteroatoms. The Morgan fingerprint density at radius 3 is 2.71 bits per heavy atom. The van der Waals surface area contributed by atoms with Crippen LogP contribution in [0.4, 0.5) is 10.1 Å². The summed E-state index contributed by atoms with van der Waals surface area (Å²) in [5, 5.41) is 2.66. The molecule has 3 N–H and O–H groups in total. The zero-order valence-corrected chi connectivity index (χ0v) is 11.8. The van der Waals surface area contributed by atoms with Gasteiger partial charge in [0.15, 0.2) is 0 Å². The van der Waals surface area contributed by atoms with Gasteiger partial charge in [-0.3, -0.25) is 4.79 Å². The maximum absolute atomic E-state index is 13.2. The van der Waals surface area contributed by atoms with Gasteiger partial charge < -0.3 is 11.1 Å². The van der Waals surface area contributed by atoms with Crippen LogP contribution < -0.4 is 11.1 Å². The van der Waals surface area contributed by atoms with Crippen molar-refractivity contribution in [3.05, 3.63) is 28.0 Å². The van der Waals surface area contributed by atoms with Gasteiger partial charge in [0.1, 0.15) is 5.82 Å². The predicted octanol–water partition coefficient (Wildman–Crippen LogP) is 2.76. The molecule has 92 valence electrons. The van der Waals surface area contributed by atoms with Gasteiger partial charge >= 0.3 is 0 Å². The molecule has 0 fully saturated rings. The van der Waals surface area contributed by atoms with E-state index in [-0.39, 0.29) is 16.7 Å². The summed E-state index contributed by atoms with van der Waals surface area (Å²) in [6.45, 7) is 3.32. The largest absolute Gasteiger partial charge is 0.393 e. The number of thiocarbonyl (C=S) groups is 1. The second-order valence-electron chi connectivity index (χ2n) is 3.69. The van der Waals surface area contributed by atoms with Crippen LogP contribution >= 0.6 is 28.1 Å². The minimum atomic E-state index is -0.562. The number of carbonyl (C=O) groups is 1. The fraction of sp³-hybridized carbons (Fsp3) is 0.273. The van der Waals surface area contributed by atoms with Gasteiger partial charge in [-0.25, -0.2) is 4.39 Å². The van der Waals surface area contributed by atoms with E-state index in [4.69, 9.17) is 18.0 Å². The van der Waals surface area contributed by atoms with E-state index in [1.807, 2.05) is 0 Å². The minimum absolute atomic E-state index is 0.126. The van der Waals surface area contributed by atoms with Crippen molar-refractivity contribution in [1.82, 2.24) is 0 Å². The molecule has 0 bridgehead atoms. The number of hydrogen-bond acceptors (Lipinski definition) is 2. The Balaban J connectivity index is 2.93. The topological polar surface area (TPSA) is 55.1 Å². The Labute approximate surface area is 113 Å². The van der Waals surface area contributed by atoms with E-state index in [1.165, 1.54) is 12.1 Å². The molecule has 17 heavy (non-hydrogen) atoms. The van der Waals surface area contributed by atoms with E-state index < -0.39 is 5.92 Å². The highest BCUT2D eigenvalue weighted by Crippen LogP contribution is 2.24. The van der Waals surface area contributed by atoms with Gasteiger partial charge in [0, 0.05) is 5.69 Å². The lowest BCUT2D eigenvalue weighted by molar-refractivity contribution is -0.117. The van der Waals surface area contributed by atoms with Gasteiger partial charge in [-0.1, -0.05) is 12.2 Å². The first-order chi connectivity index (χ1) is 7.82. The Bertz CT molecular complexity index is 479. The fourth-order valence-electron chi connectivity index (χ4n) is 1.15. The number of nitrogens with one attached hydrogen (secondary N) is 1. The van der Waals surface area contributed by atoms with Crippen molar-refractivity contribution in [2.45, 2.75) is 13.8 Å². The van der Waals surface area contributed by atoms with Crippen molar-refractivity contribution < 1.29 is 9.18 Å². The minimum Gasteiger partial charge on any atom is -0.393 e. The van der Waals surface area contributed by atoms with Gasteiger partial charge in [-0.15, -0.1) is 0 Å². The molecule has 1 aromatic rings. The highest BCUT2D eigenvalue weighted by molar-refractivity contribution is 9.10. The van der Waals surface area contributed by atoms with E-state index in [0.717, 1.165) is 0 Å². The van der Waals surface area contributed by atoms with Crippen LogP contribution in [-0.4, -0.2) is 10.9 Å². The smallest absolute Gasteiger partial charge is 0.234 e. The zero-order chi connectivity index (χ0) is 13.2. The van der Waals surface area contributed by atoms with Crippen LogP contribution in [0.2, 0.25) is 0 Å². The summed E-state index contributed by atoms with van der Waals surface area (Å²) < 4.78 is 13.5. The van der Waals surface area contributed by atoms with Crippen molar-refractivity contribution in [2.75, 3.05) is 5.32 Å². The molecule has 1 aromatic carbocycles. The number of amides is 1. The van der Waals surface area contributed by atoms with E-state index in [9.17, 15) is 9.18 Å². The van der Waals surface area contributed by atoms with Gasteiger partial charge in [0.25, 0.3) is 0 Å². The average Bonchev–Trinajstić information content (AvgIpc) is 2.24. The molecular weight excluding hydrogens is 307 g/mol. The molecule has 0 spiro atoms. The average molecular weight is 319 g/mol. The second kappa shape index (κ2) is 5.55. The molecule has 0 aliphatic carbocycles. The van der Waals surface area contributed by atoms with Crippen molar-refractivity contribution in [2.24, 2.45) is 11.7 Å². The third-order valence-corrected chi connectivity index (χ3v) is 3.31. The Morgan fingerprint density at radius 1 is 1.59 bits per heavy atom.